The number of nitrogens with one attached hydrogen (secondary N) is 2. The molecule has 2 aliphatic heterocycles. The number of methoxy groups -OCH3 is 1. The fourth-order valence-electron chi connectivity index (χ4n) is 4.77. The fraction of sp³-hybridized carbons (Fsp3) is 0.194. The van der Waals surface area contributed by atoms with Crippen molar-refractivity contribution in [1.82, 2.24) is 25.5 Å². The van der Waals surface area contributed by atoms with Crippen molar-refractivity contribution in [2.75, 3.05) is 20.7 Å². The molecular weight excluding hydrogens is 536 g/mol. The van der Waals surface area contributed by atoms with Crippen molar-refractivity contribution in [3.05, 3.63) is 83.2 Å². The van der Waals surface area contributed by atoms with E-state index in [1.807, 2.05) is 6.92 Å². The molecule has 0 spiro atoms. The molecule has 1 fully saturated rings. The van der Waals surface area contributed by atoms with Gasteiger partial charge in [-0.15, -0.1) is 0 Å². The van der Waals surface area contributed by atoms with Crippen LogP contribution in [0.15, 0.2) is 65.9 Å². The van der Waals surface area contributed by atoms with Gasteiger partial charge in [-0.2, -0.15) is 5.10 Å². The zero-order valence-corrected chi connectivity index (χ0v) is 23.3. The summed E-state index contributed by atoms with van der Waals surface area (Å²) in [4.78, 5) is 44.3. The van der Waals surface area contributed by atoms with E-state index in [4.69, 9.17) is 4.74 Å². The van der Waals surface area contributed by atoms with Gasteiger partial charge in [-0.05, 0) is 54.5 Å². The number of allylic oxidation sites excluding steroid dienone is 1. The van der Waals surface area contributed by atoms with Gasteiger partial charge in [0.05, 0.1) is 19.3 Å². The van der Waals surface area contributed by atoms with Crippen LogP contribution in [0.2, 0.25) is 0 Å². The summed E-state index contributed by atoms with van der Waals surface area (Å²) in [5.74, 6) is 5.51. The summed E-state index contributed by atoms with van der Waals surface area (Å²) in [7, 11) is 3.27. The second kappa shape index (κ2) is 11.1. The van der Waals surface area contributed by atoms with E-state index in [1.54, 1.807) is 72.9 Å². The van der Waals surface area contributed by atoms with Gasteiger partial charge in [-0.1, -0.05) is 30.0 Å². The molecule has 212 valence electrons. The van der Waals surface area contributed by atoms with Crippen LogP contribution in [0.25, 0.3) is 16.8 Å². The lowest BCUT2D eigenvalue weighted by Gasteiger charge is -2.26. The van der Waals surface area contributed by atoms with Gasteiger partial charge in [0.1, 0.15) is 17.2 Å². The predicted molar refractivity (Wildman–Crippen MR) is 156 cm³/mol. The Bertz CT molecular complexity index is 1700. The maximum atomic E-state index is 13.1. The number of hydrogen-bond acceptors (Lipinski definition) is 8. The number of carbonyl (C=O) groups excluding carboxylic acids is 3. The Hall–Kier alpha value is -5.63. The molecule has 3 N–H and O–H groups in total. The van der Waals surface area contributed by atoms with E-state index >= 15 is 0 Å². The fourth-order valence-corrected chi connectivity index (χ4v) is 4.77. The van der Waals surface area contributed by atoms with Crippen molar-refractivity contribution in [2.24, 2.45) is 5.10 Å². The maximum absolute atomic E-state index is 13.1. The molecule has 3 heterocycles. The summed E-state index contributed by atoms with van der Waals surface area (Å²) in [5, 5.41) is 20.7. The number of fused-ring (bicyclic) bond motifs is 1. The smallest absolute Gasteiger partial charge is 0.323 e. The van der Waals surface area contributed by atoms with Crippen molar-refractivity contribution in [3.8, 4) is 34.6 Å². The number of pyridine rings is 1. The number of aromatic hydroxyl groups is 1. The minimum Gasteiger partial charge on any atom is -0.506 e. The van der Waals surface area contributed by atoms with Gasteiger partial charge in [-0.3, -0.25) is 19.9 Å². The van der Waals surface area contributed by atoms with E-state index in [0.717, 1.165) is 11.1 Å². The molecule has 2 aromatic carbocycles. The second-order valence-electron chi connectivity index (χ2n) is 9.92. The van der Waals surface area contributed by atoms with Crippen LogP contribution in [-0.4, -0.2) is 70.8 Å². The highest BCUT2D eigenvalue weighted by Gasteiger charge is 2.48. The van der Waals surface area contributed by atoms with Crippen LogP contribution in [0, 0.1) is 11.8 Å². The minimum atomic E-state index is -1.64. The third-order valence-corrected chi connectivity index (χ3v) is 7.03. The Kier molecular flexibility index (Phi) is 7.37. The first-order valence-corrected chi connectivity index (χ1v) is 12.9. The molecule has 4 amide bonds. The maximum Gasteiger partial charge on any atom is 0.323 e. The normalized spacial score (nSPS) is 17.6. The number of rotatable bonds is 7. The molecule has 11 heteroatoms. The Morgan fingerprint density at radius 3 is 2.64 bits per heavy atom. The van der Waals surface area contributed by atoms with Gasteiger partial charge in [0, 0.05) is 43.2 Å². The van der Waals surface area contributed by atoms with Crippen LogP contribution in [0.4, 0.5) is 4.79 Å². The summed E-state index contributed by atoms with van der Waals surface area (Å²) in [6.07, 6.45) is 1.77. The number of nitrogens with zero attached hydrogens (tertiary/aromatic N) is 4. The molecule has 2 aliphatic rings. The van der Waals surface area contributed by atoms with E-state index in [-0.39, 0.29) is 24.7 Å². The molecule has 0 aliphatic carbocycles. The van der Waals surface area contributed by atoms with Crippen LogP contribution >= 0.6 is 0 Å². The number of hydrazone groups is 1. The highest BCUT2D eigenvalue weighted by Crippen LogP contribution is 2.30. The Labute approximate surface area is 242 Å². The number of aromatic nitrogens is 1. The van der Waals surface area contributed by atoms with Crippen molar-refractivity contribution >= 4 is 30.1 Å². The third kappa shape index (κ3) is 5.38. The first-order valence-electron chi connectivity index (χ1n) is 12.9. The number of amides is 4. The zero-order valence-electron chi connectivity index (χ0n) is 23.3. The first-order chi connectivity index (χ1) is 20.1. The van der Waals surface area contributed by atoms with Crippen LogP contribution in [0.1, 0.15) is 34.1 Å². The third-order valence-electron chi connectivity index (χ3n) is 7.03. The summed E-state index contributed by atoms with van der Waals surface area (Å²) in [6.45, 7) is 5.49. The molecular formula is C31H28N6O5. The SMILES string of the molecule is C=NN(C)C=C(C)c1ccc(O)c(-c2ccc(C#CC3(CN4Cc5ccc(OC)cc5C4=O)NC(=O)NC3=O)cc2)n1. The molecule has 11 nitrogen and oxygen atoms in total. The quantitative estimate of drug-likeness (QED) is 0.174. The number of imide groups is 1. The number of benzene rings is 2. The summed E-state index contributed by atoms with van der Waals surface area (Å²) in [6, 6.07) is 14.8. The monoisotopic (exact) mass is 564 g/mol. The van der Waals surface area contributed by atoms with Crippen molar-refractivity contribution in [1.29, 1.82) is 0 Å². The minimum absolute atomic E-state index is 0.0128. The van der Waals surface area contributed by atoms with E-state index in [2.05, 4.69) is 39.3 Å². The van der Waals surface area contributed by atoms with Crippen molar-refractivity contribution in [2.45, 2.75) is 19.0 Å². The standard InChI is InChI=1S/C31H28N6O5/c1-19(16-36(3)32-2)25-11-12-26(38)27(33-25)21-7-5-20(6-8-21)13-14-31(29(40)34-30(41)35-31)18-37-17-22-9-10-23(42-4)15-24(22)28(37)39/h5-12,15-16,38H,2,17-18H2,1,3-4H3,(H2,34,35,40,41). The van der Waals surface area contributed by atoms with Gasteiger partial charge in [0.25, 0.3) is 11.8 Å². The van der Waals surface area contributed by atoms with Gasteiger partial charge in [-0.25, -0.2) is 9.78 Å². The van der Waals surface area contributed by atoms with E-state index in [1.165, 1.54) is 12.0 Å². The second-order valence-corrected chi connectivity index (χ2v) is 9.92. The van der Waals surface area contributed by atoms with E-state index in [0.29, 0.717) is 33.8 Å². The number of urea groups is 1. The largest absolute Gasteiger partial charge is 0.506 e. The van der Waals surface area contributed by atoms with Crippen LogP contribution in [-0.2, 0) is 11.3 Å². The van der Waals surface area contributed by atoms with Gasteiger partial charge in [0.2, 0.25) is 5.54 Å². The van der Waals surface area contributed by atoms with Crippen LogP contribution in [0.3, 0.4) is 0 Å². The predicted octanol–water partition coefficient (Wildman–Crippen LogP) is 2.96. The molecule has 1 aromatic heterocycles. The average molecular weight is 565 g/mol. The van der Waals surface area contributed by atoms with Crippen molar-refractivity contribution < 1.29 is 24.2 Å². The van der Waals surface area contributed by atoms with E-state index in [9.17, 15) is 19.5 Å². The lowest BCUT2D eigenvalue weighted by molar-refractivity contribution is -0.122. The highest BCUT2D eigenvalue weighted by atomic mass is 16.5. The molecule has 1 saturated heterocycles. The molecule has 3 aromatic rings. The summed E-state index contributed by atoms with van der Waals surface area (Å²) < 4.78 is 5.23. The molecule has 0 radical (unpaired) electrons. The van der Waals surface area contributed by atoms with Crippen LogP contribution < -0.4 is 15.4 Å². The Balaban J connectivity index is 1.40. The van der Waals surface area contributed by atoms with Crippen molar-refractivity contribution in [3.63, 3.8) is 0 Å². The molecule has 1 atom stereocenters. The van der Waals surface area contributed by atoms with Gasteiger partial charge < -0.3 is 20.1 Å². The molecule has 0 saturated carbocycles. The van der Waals surface area contributed by atoms with Gasteiger partial charge >= 0.3 is 6.03 Å². The molecule has 0 bridgehead atoms. The summed E-state index contributed by atoms with van der Waals surface area (Å²) >= 11 is 0. The lowest BCUT2D eigenvalue weighted by Crippen LogP contribution is -2.54. The molecule has 5 rings (SSSR count). The van der Waals surface area contributed by atoms with Gasteiger partial charge in [0.15, 0.2) is 0 Å². The molecule has 1 unspecified atom stereocenters. The number of ether oxygens (including phenoxy) is 1. The summed E-state index contributed by atoms with van der Waals surface area (Å²) in [5.41, 5.74) is 2.71. The van der Waals surface area contributed by atoms with E-state index < -0.39 is 17.5 Å². The average Bonchev–Trinajstić information content (AvgIpc) is 3.45. The first kappa shape index (κ1) is 27.9. The molecule has 42 heavy (non-hydrogen) atoms. The Morgan fingerprint density at radius 2 is 1.98 bits per heavy atom. The number of hydrogen-bond donors (Lipinski definition) is 3. The highest BCUT2D eigenvalue weighted by molar-refractivity contribution is 6.10. The zero-order chi connectivity index (χ0) is 30.0. The van der Waals surface area contributed by atoms with Crippen LogP contribution in [0.5, 0.6) is 11.5 Å². The lowest BCUT2D eigenvalue weighted by atomic mass is 9.98. The number of carbonyl (C=O) groups is 3. The Morgan fingerprint density at radius 1 is 1.21 bits per heavy atom. The topological polar surface area (TPSA) is 136 Å².